The molecule has 8 aromatic rings. The van der Waals surface area contributed by atoms with E-state index in [0.717, 1.165) is 65.3 Å². The highest BCUT2D eigenvalue weighted by Gasteiger charge is 2.45. The molecular weight excluding hydrogens is 1380 g/mol. The largest absolute Gasteiger partial charge is 0.447 e. The fourth-order valence-electron chi connectivity index (χ4n) is 12.3. The number of imide groups is 5. The van der Waals surface area contributed by atoms with Gasteiger partial charge in [-0.3, -0.25) is 24.0 Å². The molecular formula is C86H85N5O15S. The summed E-state index contributed by atoms with van der Waals surface area (Å²) in [6, 6.07) is 70.6. The maximum Gasteiger partial charge on any atom is 0.417 e. The summed E-state index contributed by atoms with van der Waals surface area (Å²) in [7, 11) is 0. The molecule has 21 heteroatoms. The SMILES string of the molecule is C/C=C/C(=O)N1C(=O)O[C@@H](c2ccccc2)[C@@H]1C.C/C=C/C(=O)N1C(=O)O[C@H](c2ccccc2)[C@H]1C.CC/C=C(\C)C(=O)N1C(=O)OC[C@@H]1Cc1ccccc1.O=C(/C=C/c1ccc2ccccc2c1)N1C(=O)OC[C@@H]1Cc1ccccc1.O=C(C=CSc1ccccc1)N1C(=O)OC[C@@H]1Cc1ccccc1. The van der Waals surface area contributed by atoms with Gasteiger partial charge >= 0.3 is 30.5 Å². The predicted molar refractivity (Wildman–Crippen MR) is 408 cm³/mol. The Morgan fingerprint density at radius 2 is 0.785 bits per heavy atom. The van der Waals surface area contributed by atoms with Gasteiger partial charge in [0.2, 0.25) is 0 Å². The van der Waals surface area contributed by atoms with Crippen LogP contribution < -0.4 is 0 Å². The van der Waals surface area contributed by atoms with E-state index in [-0.39, 0.29) is 79.6 Å². The molecule has 0 unspecified atom stereocenters. The van der Waals surface area contributed by atoms with Crippen LogP contribution in [0.5, 0.6) is 0 Å². The highest BCUT2D eigenvalue weighted by molar-refractivity contribution is 8.02. The maximum absolute atomic E-state index is 12.6. The van der Waals surface area contributed by atoms with E-state index < -0.39 is 42.7 Å². The number of hydrogen-bond acceptors (Lipinski definition) is 16. The number of amides is 10. The number of thioether (sulfide) groups is 1. The van der Waals surface area contributed by atoms with Crippen molar-refractivity contribution in [3.63, 3.8) is 0 Å². The van der Waals surface area contributed by atoms with E-state index in [4.69, 9.17) is 23.7 Å². The minimum atomic E-state index is -0.584. The van der Waals surface area contributed by atoms with Crippen LogP contribution in [0.1, 0.15) is 93.6 Å². The Morgan fingerprint density at radius 3 is 1.21 bits per heavy atom. The number of nitrogens with zero attached hydrogens (tertiary/aromatic N) is 5. The van der Waals surface area contributed by atoms with Gasteiger partial charge in [-0.05, 0) is 146 Å². The van der Waals surface area contributed by atoms with Gasteiger partial charge in [-0.1, -0.05) is 243 Å². The van der Waals surface area contributed by atoms with Crippen molar-refractivity contribution < 1.29 is 71.6 Å². The van der Waals surface area contributed by atoms with E-state index >= 15 is 0 Å². The zero-order chi connectivity index (χ0) is 76.2. The van der Waals surface area contributed by atoms with Crippen molar-refractivity contribution >= 4 is 88.6 Å². The molecule has 550 valence electrons. The molecule has 10 amide bonds. The summed E-state index contributed by atoms with van der Waals surface area (Å²) < 4.78 is 25.8. The minimum absolute atomic E-state index is 0.224. The van der Waals surface area contributed by atoms with Crippen LogP contribution in [-0.2, 0) is 66.9 Å². The number of rotatable bonds is 17. The van der Waals surface area contributed by atoms with Gasteiger partial charge in [0, 0.05) is 22.6 Å². The highest BCUT2D eigenvalue weighted by atomic mass is 32.2. The Labute approximate surface area is 627 Å². The molecule has 0 N–H and O–H groups in total. The lowest BCUT2D eigenvalue weighted by Crippen LogP contribution is -2.40. The standard InChI is InChI=1S/C23H19NO3.C19H17NO3S.C16H19NO3.2C14H15NO3/c25-22(13-11-18-10-12-19-8-4-5-9-20(19)14-18)24-21(16-27-23(24)26)15-17-6-2-1-3-7-17;21-18(11-12-24-17-9-5-2-6-10-17)20-16(14-23-19(20)22)13-15-7-3-1-4-8-15;1-3-7-12(2)15(18)17-14(11-20-16(17)19)10-13-8-5-4-6-9-13;2*1-3-7-12(16)15-10(2)13(18-14(15)17)11-8-5-4-6-9-11/h1-14,21H,15-16H2;1-12,16H,13-14H2;4-9,14H,3,10-11H2,1-2H3;2*3-10,13H,1-2H3/b13-11+;;12-7+;2*7-3+/t21-;16-;14-;2*10-,13+/m00010/s1. The van der Waals surface area contributed by atoms with E-state index in [1.807, 2.05) is 251 Å². The molecule has 8 aromatic carbocycles. The van der Waals surface area contributed by atoms with Gasteiger partial charge in [0.05, 0.1) is 30.2 Å². The van der Waals surface area contributed by atoms with Crippen molar-refractivity contribution in [2.75, 3.05) is 19.8 Å². The summed E-state index contributed by atoms with van der Waals surface area (Å²) in [4.78, 5) is 127. The summed E-state index contributed by atoms with van der Waals surface area (Å²) in [5.74, 6) is -1.63. The third-order valence-electron chi connectivity index (χ3n) is 17.6. The minimum Gasteiger partial charge on any atom is -0.447 e. The van der Waals surface area contributed by atoms with E-state index in [1.165, 1.54) is 50.8 Å². The summed E-state index contributed by atoms with van der Waals surface area (Å²) >= 11 is 1.43. The number of benzene rings is 8. The molecule has 5 fully saturated rings. The first-order chi connectivity index (χ1) is 51.9. The fourth-order valence-corrected chi connectivity index (χ4v) is 13.0. The van der Waals surface area contributed by atoms with E-state index in [2.05, 4.69) is 0 Å². The summed E-state index contributed by atoms with van der Waals surface area (Å²) in [6.45, 7) is 11.5. The van der Waals surface area contributed by atoms with Gasteiger partial charge in [-0.25, -0.2) is 48.5 Å². The molecule has 0 radical (unpaired) electrons. The van der Waals surface area contributed by atoms with Gasteiger partial charge in [0.25, 0.3) is 29.5 Å². The monoisotopic (exact) mass is 1460 g/mol. The number of ether oxygens (including phenoxy) is 5. The number of hydrogen-bond donors (Lipinski definition) is 0. The topological polar surface area (TPSA) is 233 Å². The Bertz CT molecular complexity index is 4450. The zero-order valence-corrected chi connectivity index (χ0v) is 61.1. The average Bonchev–Trinajstić information content (AvgIpc) is 1.68. The molecule has 0 aromatic heterocycles. The average molecular weight is 1460 g/mol. The molecule has 7 atom stereocenters. The van der Waals surface area contributed by atoms with Crippen LogP contribution in [0.25, 0.3) is 16.8 Å². The fraction of sp³-hybridized carbons (Fsp3) is 0.233. The second kappa shape index (κ2) is 39.6. The van der Waals surface area contributed by atoms with Gasteiger partial charge in [0.15, 0.2) is 0 Å². The summed E-state index contributed by atoms with van der Waals surface area (Å²) in [5.41, 5.74) is 6.52. The second-order valence-corrected chi connectivity index (χ2v) is 26.1. The third-order valence-corrected chi connectivity index (χ3v) is 18.4. The van der Waals surface area contributed by atoms with Crippen LogP contribution >= 0.6 is 11.8 Å². The molecule has 5 aliphatic heterocycles. The maximum atomic E-state index is 12.6. The van der Waals surface area contributed by atoms with Crippen molar-refractivity contribution in [3.05, 3.63) is 311 Å². The normalized spacial score (nSPS) is 19.6. The third kappa shape index (κ3) is 21.7. The molecule has 20 nitrogen and oxygen atoms in total. The quantitative estimate of drug-likeness (QED) is 0.0468. The first-order valence-electron chi connectivity index (χ1n) is 35.1. The Hall–Kier alpha value is -12.2. The van der Waals surface area contributed by atoms with Crippen molar-refractivity contribution in [3.8, 4) is 0 Å². The highest BCUT2D eigenvalue weighted by Crippen LogP contribution is 2.34. The molecule has 13 rings (SSSR count). The second-order valence-electron chi connectivity index (χ2n) is 25.1. The number of carbonyl (C=O) groups excluding carboxylic acids is 10. The molecule has 0 saturated carbocycles. The first-order valence-corrected chi connectivity index (χ1v) is 36.0. The molecule has 5 heterocycles. The van der Waals surface area contributed by atoms with Crippen molar-refractivity contribution in [2.24, 2.45) is 0 Å². The van der Waals surface area contributed by atoms with E-state index in [9.17, 15) is 47.9 Å². The van der Waals surface area contributed by atoms with E-state index in [0.29, 0.717) is 24.8 Å². The van der Waals surface area contributed by atoms with Gasteiger partial charge in [-0.15, -0.1) is 0 Å². The van der Waals surface area contributed by atoms with Crippen LogP contribution in [0.4, 0.5) is 24.0 Å². The Morgan fingerprint density at radius 1 is 0.421 bits per heavy atom. The lowest BCUT2D eigenvalue weighted by atomic mass is 10.0. The lowest BCUT2D eigenvalue weighted by Gasteiger charge is -2.20. The number of cyclic esters (lactones) is 5. The number of allylic oxidation sites excluding steroid dienone is 3. The number of fused-ring (bicyclic) bond motifs is 1. The molecule has 0 spiro atoms. The van der Waals surface area contributed by atoms with Crippen LogP contribution in [0.15, 0.2) is 283 Å². The molecule has 5 aliphatic rings. The molecule has 107 heavy (non-hydrogen) atoms. The van der Waals surface area contributed by atoms with Gasteiger partial charge in [-0.2, -0.15) is 0 Å². The van der Waals surface area contributed by atoms with Crippen molar-refractivity contribution in [2.45, 2.75) is 115 Å². The Balaban J connectivity index is 0.000000156. The van der Waals surface area contributed by atoms with Crippen LogP contribution in [-0.4, -0.2) is 135 Å². The van der Waals surface area contributed by atoms with Gasteiger partial charge in [0.1, 0.15) is 32.0 Å². The first kappa shape index (κ1) is 78.9. The molecule has 0 aliphatic carbocycles. The van der Waals surface area contributed by atoms with E-state index in [1.54, 1.807) is 44.4 Å². The predicted octanol–water partition coefficient (Wildman–Crippen LogP) is 16.6. The summed E-state index contributed by atoms with van der Waals surface area (Å²) in [5, 5.41) is 3.95. The zero-order valence-electron chi connectivity index (χ0n) is 60.3. The van der Waals surface area contributed by atoms with Crippen LogP contribution in [0.2, 0.25) is 0 Å². The van der Waals surface area contributed by atoms with Crippen molar-refractivity contribution in [1.82, 2.24) is 24.5 Å². The molecule has 5 saturated heterocycles. The molecule has 0 bridgehead atoms. The van der Waals surface area contributed by atoms with Gasteiger partial charge < -0.3 is 23.7 Å². The van der Waals surface area contributed by atoms with Crippen molar-refractivity contribution in [1.29, 1.82) is 0 Å². The smallest absolute Gasteiger partial charge is 0.417 e. The van der Waals surface area contributed by atoms with Crippen LogP contribution in [0, 0.1) is 0 Å². The lowest BCUT2D eigenvalue weighted by molar-refractivity contribution is -0.125. The Kier molecular flexibility index (Phi) is 29.2. The number of carbonyl (C=O) groups is 10. The summed E-state index contributed by atoms with van der Waals surface area (Å²) in [6.07, 6.45) is 11.3. The van der Waals surface area contributed by atoms with Crippen LogP contribution in [0.3, 0.4) is 0 Å².